The smallest absolute Gasteiger partial charge is 0.0922 e. The molecule has 0 fully saturated rings. The van der Waals surface area contributed by atoms with Crippen molar-refractivity contribution in [3.8, 4) is 0 Å². The fourth-order valence-corrected chi connectivity index (χ4v) is 1.78. The number of aromatic amines is 1. The highest BCUT2D eigenvalue weighted by atomic mass is 79.9. The molecule has 0 radical (unpaired) electrons. The summed E-state index contributed by atoms with van der Waals surface area (Å²) in [5.41, 5.74) is 2.38. The molecule has 16 heavy (non-hydrogen) atoms. The average molecular weight is 280 g/mol. The first kappa shape index (κ1) is 11.4. The van der Waals surface area contributed by atoms with E-state index in [1.165, 1.54) is 5.56 Å². The summed E-state index contributed by atoms with van der Waals surface area (Å²) >= 11 is 3.43. The van der Waals surface area contributed by atoms with Crippen LogP contribution in [0.5, 0.6) is 0 Å². The van der Waals surface area contributed by atoms with Crippen molar-refractivity contribution in [2.24, 2.45) is 0 Å². The molecule has 0 aliphatic carbocycles. The van der Waals surface area contributed by atoms with Gasteiger partial charge < -0.3 is 10.3 Å². The molecule has 84 valence electrons. The Morgan fingerprint density at radius 1 is 1.38 bits per heavy atom. The molecule has 0 spiro atoms. The molecule has 2 N–H and O–H groups in total. The third-order valence-electron chi connectivity index (χ3n) is 2.52. The van der Waals surface area contributed by atoms with E-state index in [1.54, 1.807) is 6.33 Å². The first-order chi connectivity index (χ1) is 7.75. The maximum atomic E-state index is 3.98. The van der Waals surface area contributed by atoms with Crippen LogP contribution in [-0.4, -0.2) is 9.97 Å². The summed E-state index contributed by atoms with van der Waals surface area (Å²) in [6, 6.07) is 8.69. The van der Waals surface area contributed by atoms with E-state index in [0.29, 0.717) is 6.04 Å². The Kier molecular flexibility index (Phi) is 3.74. The second-order valence-corrected chi connectivity index (χ2v) is 4.65. The van der Waals surface area contributed by atoms with Crippen LogP contribution in [0.1, 0.15) is 24.2 Å². The van der Waals surface area contributed by atoms with Crippen LogP contribution in [0.2, 0.25) is 0 Å². The molecule has 0 saturated carbocycles. The molecule has 0 saturated heterocycles. The van der Waals surface area contributed by atoms with E-state index in [0.717, 1.165) is 16.7 Å². The maximum Gasteiger partial charge on any atom is 0.0922 e. The van der Waals surface area contributed by atoms with Gasteiger partial charge >= 0.3 is 0 Å². The Hall–Kier alpha value is -1.13. The van der Waals surface area contributed by atoms with Crippen LogP contribution in [0, 0.1) is 0 Å². The number of rotatable bonds is 4. The van der Waals surface area contributed by atoms with Crippen LogP contribution >= 0.6 is 15.9 Å². The minimum Gasteiger partial charge on any atom is -0.347 e. The number of H-pyrrole nitrogens is 1. The SMILES string of the molecule is C[C@@H](NCc1cnc[nH]1)c1ccc(Br)cc1. The lowest BCUT2D eigenvalue weighted by Crippen LogP contribution is -2.18. The molecule has 0 unspecified atom stereocenters. The van der Waals surface area contributed by atoms with Gasteiger partial charge in [-0.3, -0.25) is 0 Å². The molecule has 3 nitrogen and oxygen atoms in total. The van der Waals surface area contributed by atoms with E-state index in [4.69, 9.17) is 0 Å². The number of hydrogen-bond acceptors (Lipinski definition) is 2. The fourth-order valence-electron chi connectivity index (χ4n) is 1.51. The van der Waals surface area contributed by atoms with Crippen LogP contribution in [0.15, 0.2) is 41.3 Å². The number of hydrogen-bond donors (Lipinski definition) is 2. The summed E-state index contributed by atoms with van der Waals surface area (Å²) in [7, 11) is 0. The first-order valence-electron chi connectivity index (χ1n) is 5.22. The molecule has 4 heteroatoms. The van der Waals surface area contributed by atoms with Crippen molar-refractivity contribution in [1.29, 1.82) is 0 Å². The molecule has 2 rings (SSSR count). The Labute approximate surface area is 103 Å². The largest absolute Gasteiger partial charge is 0.347 e. The van der Waals surface area contributed by atoms with Crippen molar-refractivity contribution >= 4 is 15.9 Å². The number of nitrogens with zero attached hydrogens (tertiary/aromatic N) is 1. The van der Waals surface area contributed by atoms with Crippen molar-refractivity contribution in [2.45, 2.75) is 19.5 Å². The molecular weight excluding hydrogens is 266 g/mol. The minimum absolute atomic E-state index is 0.330. The normalized spacial score (nSPS) is 12.6. The topological polar surface area (TPSA) is 40.7 Å². The second kappa shape index (κ2) is 5.27. The van der Waals surface area contributed by atoms with Gasteiger partial charge in [-0.05, 0) is 24.6 Å². The molecule has 1 aromatic carbocycles. The third kappa shape index (κ3) is 2.93. The lowest BCUT2D eigenvalue weighted by Gasteiger charge is -2.13. The maximum absolute atomic E-state index is 3.98. The summed E-state index contributed by atoms with van der Waals surface area (Å²) < 4.78 is 1.11. The highest BCUT2D eigenvalue weighted by Gasteiger charge is 2.04. The van der Waals surface area contributed by atoms with Crippen molar-refractivity contribution in [3.63, 3.8) is 0 Å². The molecule has 0 amide bonds. The van der Waals surface area contributed by atoms with Crippen molar-refractivity contribution < 1.29 is 0 Å². The van der Waals surface area contributed by atoms with Gasteiger partial charge in [-0.25, -0.2) is 4.98 Å². The molecule has 2 aromatic rings. The van der Waals surface area contributed by atoms with Crippen LogP contribution in [0.3, 0.4) is 0 Å². The highest BCUT2D eigenvalue weighted by molar-refractivity contribution is 9.10. The predicted octanol–water partition coefficient (Wildman–Crippen LogP) is 3.02. The second-order valence-electron chi connectivity index (χ2n) is 3.73. The van der Waals surface area contributed by atoms with E-state index in [1.807, 2.05) is 6.20 Å². The van der Waals surface area contributed by atoms with Gasteiger partial charge in [-0.2, -0.15) is 0 Å². The van der Waals surface area contributed by atoms with Crippen LogP contribution < -0.4 is 5.32 Å². The Balaban J connectivity index is 1.93. The molecule has 1 heterocycles. The Bertz CT molecular complexity index is 422. The van der Waals surface area contributed by atoms with E-state index < -0.39 is 0 Å². The minimum atomic E-state index is 0.330. The van der Waals surface area contributed by atoms with Gasteiger partial charge in [0.1, 0.15) is 0 Å². The first-order valence-corrected chi connectivity index (χ1v) is 6.01. The molecule has 0 bridgehead atoms. The van der Waals surface area contributed by atoms with Gasteiger partial charge in [0, 0.05) is 29.0 Å². The molecule has 0 aliphatic heterocycles. The van der Waals surface area contributed by atoms with Crippen molar-refractivity contribution in [1.82, 2.24) is 15.3 Å². The fraction of sp³-hybridized carbons (Fsp3) is 0.250. The van der Waals surface area contributed by atoms with Gasteiger partial charge in [-0.1, -0.05) is 28.1 Å². The van der Waals surface area contributed by atoms with E-state index in [-0.39, 0.29) is 0 Å². The van der Waals surface area contributed by atoms with Crippen molar-refractivity contribution in [3.05, 3.63) is 52.5 Å². The Morgan fingerprint density at radius 3 is 2.75 bits per heavy atom. The lowest BCUT2D eigenvalue weighted by atomic mass is 10.1. The van der Waals surface area contributed by atoms with E-state index in [9.17, 15) is 0 Å². The Morgan fingerprint density at radius 2 is 2.12 bits per heavy atom. The van der Waals surface area contributed by atoms with Gasteiger partial charge in [0.05, 0.1) is 6.33 Å². The quantitative estimate of drug-likeness (QED) is 0.903. The number of benzene rings is 1. The summed E-state index contributed by atoms with van der Waals surface area (Å²) in [5.74, 6) is 0. The molecule has 0 aliphatic rings. The van der Waals surface area contributed by atoms with Gasteiger partial charge in [-0.15, -0.1) is 0 Å². The van der Waals surface area contributed by atoms with Crippen molar-refractivity contribution in [2.75, 3.05) is 0 Å². The number of imidazole rings is 1. The standard InChI is InChI=1S/C12H14BrN3/c1-9(10-2-4-11(13)5-3-10)15-7-12-6-14-8-16-12/h2-6,8-9,15H,7H2,1H3,(H,14,16)/t9-/m1/s1. The zero-order valence-corrected chi connectivity index (χ0v) is 10.7. The van der Waals surface area contributed by atoms with Crippen LogP contribution in [0.4, 0.5) is 0 Å². The van der Waals surface area contributed by atoms with Gasteiger partial charge in [0.15, 0.2) is 0 Å². The summed E-state index contributed by atoms with van der Waals surface area (Å²) in [5, 5.41) is 3.43. The van der Waals surface area contributed by atoms with E-state index in [2.05, 4.69) is 62.4 Å². The molecule has 1 aromatic heterocycles. The predicted molar refractivity (Wildman–Crippen MR) is 68.0 cm³/mol. The lowest BCUT2D eigenvalue weighted by molar-refractivity contribution is 0.569. The summed E-state index contributed by atoms with van der Waals surface area (Å²) in [6.07, 6.45) is 3.53. The monoisotopic (exact) mass is 279 g/mol. The molecule has 1 atom stereocenters. The zero-order chi connectivity index (χ0) is 11.4. The molecular formula is C12H14BrN3. The summed E-state index contributed by atoms with van der Waals surface area (Å²) in [6.45, 7) is 2.96. The van der Waals surface area contributed by atoms with Gasteiger partial charge in [0.2, 0.25) is 0 Å². The zero-order valence-electron chi connectivity index (χ0n) is 9.07. The third-order valence-corrected chi connectivity index (χ3v) is 3.05. The van der Waals surface area contributed by atoms with E-state index >= 15 is 0 Å². The highest BCUT2D eigenvalue weighted by Crippen LogP contribution is 2.16. The van der Waals surface area contributed by atoms with Crippen LogP contribution in [0.25, 0.3) is 0 Å². The summed E-state index contributed by atoms with van der Waals surface area (Å²) in [4.78, 5) is 7.05. The number of halogens is 1. The number of nitrogens with one attached hydrogen (secondary N) is 2. The number of aromatic nitrogens is 2. The van der Waals surface area contributed by atoms with Crippen LogP contribution in [-0.2, 0) is 6.54 Å². The average Bonchev–Trinajstić information content (AvgIpc) is 2.80. The van der Waals surface area contributed by atoms with Gasteiger partial charge in [0.25, 0.3) is 0 Å².